The van der Waals surface area contributed by atoms with Crippen molar-refractivity contribution in [3.05, 3.63) is 58.9 Å². The molecule has 22 heavy (non-hydrogen) atoms. The predicted molar refractivity (Wildman–Crippen MR) is 87.7 cm³/mol. The molecule has 1 atom stereocenters. The molecule has 0 unspecified atom stereocenters. The summed E-state index contributed by atoms with van der Waals surface area (Å²) in [5.41, 5.74) is 2.91. The zero-order chi connectivity index (χ0) is 15.5. The smallest absolute Gasteiger partial charge is 0.123 e. The lowest BCUT2D eigenvalue weighted by molar-refractivity contribution is 0.0198. The lowest BCUT2D eigenvalue weighted by Crippen LogP contribution is -2.37. The third-order valence-corrected chi connectivity index (χ3v) is 4.56. The first-order valence-corrected chi connectivity index (χ1v) is 7.90. The van der Waals surface area contributed by atoms with E-state index in [0.717, 1.165) is 37.4 Å². The molecule has 0 bridgehead atoms. The van der Waals surface area contributed by atoms with Gasteiger partial charge in [0.05, 0.1) is 13.2 Å². The van der Waals surface area contributed by atoms with Crippen LogP contribution in [0.25, 0.3) is 11.1 Å². The topological polar surface area (TPSA) is 12.5 Å². The molecule has 1 aliphatic rings. The van der Waals surface area contributed by atoms with Gasteiger partial charge >= 0.3 is 0 Å². The van der Waals surface area contributed by atoms with Gasteiger partial charge < -0.3 is 4.74 Å². The molecule has 116 valence electrons. The minimum atomic E-state index is -0.273. The second kappa shape index (κ2) is 6.78. The summed E-state index contributed by atoms with van der Waals surface area (Å²) in [4.78, 5) is 2.41. The normalized spacial score (nSPS) is 17.4. The first-order valence-electron chi connectivity index (χ1n) is 7.52. The third-order valence-electron chi connectivity index (χ3n) is 4.23. The van der Waals surface area contributed by atoms with Gasteiger partial charge in [0, 0.05) is 29.7 Å². The zero-order valence-corrected chi connectivity index (χ0v) is 13.3. The molecule has 2 nitrogen and oxygen atoms in total. The van der Waals surface area contributed by atoms with Crippen LogP contribution in [0.3, 0.4) is 0 Å². The minimum absolute atomic E-state index is 0.273. The number of halogens is 2. The number of hydrogen-bond donors (Lipinski definition) is 0. The lowest BCUT2D eigenvalue weighted by atomic mass is 10.0. The van der Waals surface area contributed by atoms with Gasteiger partial charge in [0.25, 0.3) is 0 Å². The molecule has 1 heterocycles. The van der Waals surface area contributed by atoms with Gasteiger partial charge in [-0.3, -0.25) is 4.90 Å². The van der Waals surface area contributed by atoms with Crippen LogP contribution in [0.4, 0.5) is 4.39 Å². The van der Waals surface area contributed by atoms with Crippen molar-refractivity contribution in [3.8, 4) is 11.1 Å². The molecule has 4 heteroatoms. The Morgan fingerprint density at radius 3 is 2.45 bits per heavy atom. The fraction of sp³-hybridized carbons (Fsp3) is 0.333. The molecule has 1 fully saturated rings. The van der Waals surface area contributed by atoms with E-state index in [0.29, 0.717) is 11.1 Å². The third kappa shape index (κ3) is 3.32. The highest BCUT2D eigenvalue weighted by molar-refractivity contribution is 6.33. The van der Waals surface area contributed by atoms with E-state index in [1.165, 1.54) is 17.7 Å². The Labute approximate surface area is 135 Å². The van der Waals surface area contributed by atoms with E-state index in [2.05, 4.69) is 24.0 Å². The maximum absolute atomic E-state index is 13.4. The molecule has 1 aliphatic heterocycles. The van der Waals surface area contributed by atoms with Gasteiger partial charge in [-0.25, -0.2) is 4.39 Å². The van der Waals surface area contributed by atoms with Gasteiger partial charge in [0.15, 0.2) is 0 Å². The van der Waals surface area contributed by atoms with Crippen molar-refractivity contribution in [1.29, 1.82) is 0 Å². The van der Waals surface area contributed by atoms with Gasteiger partial charge in [0.2, 0.25) is 0 Å². The highest BCUT2D eigenvalue weighted by Gasteiger charge is 2.18. The summed E-state index contributed by atoms with van der Waals surface area (Å²) >= 11 is 6.17. The largest absolute Gasteiger partial charge is 0.379 e. The Morgan fingerprint density at radius 1 is 1.09 bits per heavy atom. The second-order valence-corrected chi connectivity index (χ2v) is 5.98. The van der Waals surface area contributed by atoms with Crippen LogP contribution in [-0.2, 0) is 4.74 Å². The van der Waals surface area contributed by atoms with Gasteiger partial charge in [0.1, 0.15) is 5.82 Å². The molecule has 0 radical (unpaired) electrons. The van der Waals surface area contributed by atoms with Crippen molar-refractivity contribution in [1.82, 2.24) is 4.90 Å². The molecular formula is C18H19ClFNO. The van der Waals surface area contributed by atoms with Gasteiger partial charge in [-0.2, -0.15) is 0 Å². The summed E-state index contributed by atoms with van der Waals surface area (Å²) in [7, 11) is 0. The van der Waals surface area contributed by atoms with Crippen LogP contribution in [0.5, 0.6) is 0 Å². The van der Waals surface area contributed by atoms with Crippen molar-refractivity contribution < 1.29 is 9.13 Å². The Morgan fingerprint density at radius 2 is 1.77 bits per heavy atom. The Kier molecular flexibility index (Phi) is 4.77. The molecule has 0 aliphatic carbocycles. The van der Waals surface area contributed by atoms with E-state index < -0.39 is 0 Å². The predicted octanol–water partition coefficient (Wildman–Crippen LogP) is 4.54. The van der Waals surface area contributed by atoms with Crippen molar-refractivity contribution in [3.63, 3.8) is 0 Å². The first kappa shape index (κ1) is 15.5. The Balaban J connectivity index is 1.81. The quantitative estimate of drug-likeness (QED) is 0.823. The lowest BCUT2D eigenvalue weighted by Gasteiger charge is -2.32. The van der Waals surface area contributed by atoms with Crippen LogP contribution >= 0.6 is 11.6 Å². The Hall–Kier alpha value is -1.42. The molecular weight excluding hydrogens is 301 g/mol. The van der Waals surface area contributed by atoms with Crippen LogP contribution in [-0.4, -0.2) is 31.2 Å². The van der Waals surface area contributed by atoms with E-state index in [-0.39, 0.29) is 5.82 Å². The number of benzene rings is 2. The molecule has 0 saturated carbocycles. The van der Waals surface area contributed by atoms with Crippen molar-refractivity contribution in [2.45, 2.75) is 13.0 Å². The van der Waals surface area contributed by atoms with Gasteiger partial charge in [-0.15, -0.1) is 0 Å². The van der Waals surface area contributed by atoms with E-state index in [1.807, 2.05) is 12.1 Å². The summed E-state index contributed by atoms with van der Waals surface area (Å²) < 4.78 is 18.8. The highest BCUT2D eigenvalue weighted by Crippen LogP contribution is 2.30. The molecule has 1 saturated heterocycles. The standard InChI is InChI=1S/C18H19ClFNO/c1-13(21-8-10-22-11-9-21)14-2-4-15(5-3-14)17-12-16(20)6-7-18(17)19/h2-7,12-13H,8-11H2,1H3/t13-/m0/s1. The average molecular weight is 320 g/mol. The molecule has 0 N–H and O–H groups in total. The van der Waals surface area contributed by atoms with Crippen LogP contribution in [0, 0.1) is 5.82 Å². The summed E-state index contributed by atoms with van der Waals surface area (Å²) in [6.07, 6.45) is 0. The summed E-state index contributed by atoms with van der Waals surface area (Å²) in [5, 5.41) is 0.565. The van der Waals surface area contributed by atoms with Crippen LogP contribution in [0.1, 0.15) is 18.5 Å². The highest BCUT2D eigenvalue weighted by atomic mass is 35.5. The number of rotatable bonds is 3. The first-order chi connectivity index (χ1) is 10.6. The fourth-order valence-corrected chi connectivity index (χ4v) is 3.06. The van der Waals surface area contributed by atoms with Crippen LogP contribution in [0.15, 0.2) is 42.5 Å². The summed E-state index contributed by atoms with van der Waals surface area (Å²) in [5.74, 6) is -0.273. The average Bonchev–Trinajstić information content (AvgIpc) is 2.57. The SMILES string of the molecule is C[C@@H](c1ccc(-c2cc(F)ccc2Cl)cc1)N1CCOCC1. The van der Waals surface area contributed by atoms with Crippen LogP contribution < -0.4 is 0 Å². The van der Waals surface area contributed by atoms with E-state index in [9.17, 15) is 4.39 Å². The van der Waals surface area contributed by atoms with E-state index in [1.54, 1.807) is 6.07 Å². The van der Waals surface area contributed by atoms with Crippen molar-refractivity contribution in [2.24, 2.45) is 0 Å². The number of ether oxygens (including phenoxy) is 1. The molecule has 0 amide bonds. The summed E-state index contributed by atoms with van der Waals surface area (Å²) in [6, 6.07) is 13.0. The van der Waals surface area contributed by atoms with Crippen LogP contribution in [0.2, 0.25) is 5.02 Å². The number of hydrogen-bond acceptors (Lipinski definition) is 2. The second-order valence-electron chi connectivity index (χ2n) is 5.57. The van der Waals surface area contributed by atoms with E-state index >= 15 is 0 Å². The van der Waals surface area contributed by atoms with Crippen molar-refractivity contribution in [2.75, 3.05) is 26.3 Å². The summed E-state index contributed by atoms with van der Waals surface area (Å²) in [6.45, 7) is 5.70. The number of nitrogens with zero attached hydrogens (tertiary/aromatic N) is 1. The maximum atomic E-state index is 13.4. The molecule has 0 aromatic heterocycles. The van der Waals surface area contributed by atoms with Gasteiger partial charge in [-0.05, 0) is 36.2 Å². The molecule has 2 aromatic rings. The Bertz CT molecular complexity index is 638. The van der Waals surface area contributed by atoms with E-state index in [4.69, 9.17) is 16.3 Å². The maximum Gasteiger partial charge on any atom is 0.123 e. The molecule has 2 aromatic carbocycles. The fourth-order valence-electron chi connectivity index (χ4n) is 2.84. The monoisotopic (exact) mass is 319 g/mol. The zero-order valence-electron chi connectivity index (χ0n) is 12.6. The molecule has 0 spiro atoms. The number of morpholine rings is 1. The minimum Gasteiger partial charge on any atom is -0.379 e. The molecule has 3 rings (SSSR count). The van der Waals surface area contributed by atoms with Gasteiger partial charge in [-0.1, -0.05) is 35.9 Å². The van der Waals surface area contributed by atoms with Crippen molar-refractivity contribution >= 4 is 11.6 Å².